The van der Waals surface area contributed by atoms with E-state index in [1.54, 1.807) is 31.2 Å². The number of ether oxygens (including phenoxy) is 1. The van der Waals surface area contributed by atoms with E-state index >= 15 is 0 Å². The number of carbonyl (C=O) groups excluding carboxylic acids is 1. The average molecular weight is 383 g/mol. The van der Waals surface area contributed by atoms with Crippen molar-refractivity contribution in [1.29, 1.82) is 0 Å². The van der Waals surface area contributed by atoms with E-state index in [1.165, 1.54) is 31.3 Å². The van der Waals surface area contributed by atoms with Gasteiger partial charge in [-0.2, -0.15) is 0 Å². The van der Waals surface area contributed by atoms with Crippen LogP contribution in [0.2, 0.25) is 5.02 Å². The Bertz CT molecular complexity index is 821. The van der Waals surface area contributed by atoms with Crippen LogP contribution in [0.4, 0.5) is 0 Å². The second kappa shape index (κ2) is 8.33. The van der Waals surface area contributed by atoms with Gasteiger partial charge in [0.2, 0.25) is 10.0 Å². The number of halogens is 1. The number of likely N-dealkylation sites (N-methyl/N-ethyl adjacent to an activating group) is 1. The summed E-state index contributed by atoms with van der Waals surface area (Å²) in [4.78, 5) is 11.5. The molecule has 0 aliphatic rings. The summed E-state index contributed by atoms with van der Waals surface area (Å²) in [5.41, 5.74) is 0.798. The molecule has 0 heterocycles. The van der Waals surface area contributed by atoms with Crippen LogP contribution in [-0.4, -0.2) is 27.5 Å². The summed E-state index contributed by atoms with van der Waals surface area (Å²) < 4.78 is 32.6. The highest BCUT2D eigenvalue weighted by Gasteiger charge is 2.16. The zero-order valence-electron chi connectivity index (χ0n) is 13.8. The van der Waals surface area contributed by atoms with Crippen molar-refractivity contribution in [2.45, 2.75) is 24.5 Å². The molecular weight excluding hydrogens is 364 g/mol. The van der Waals surface area contributed by atoms with Crippen molar-refractivity contribution in [1.82, 2.24) is 10.0 Å². The lowest BCUT2D eigenvalue weighted by Gasteiger charge is -2.13. The Labute approximate surface area is 152 Å². The van der Waals surface area contributed by atoms with E-state index in [9.17, 15) is 13.2 Å². The highest BCUT2D eigenvalue weighted by Crippen LogP contribution is 2.18. The molecule has 2 aromatic carbocycles. The lowest BCUT2D eigenvalue weighted by Crippen LogP contribution is -2.33. The van der Waals surface area contributed by atoms with E-state index in [1.807, 2.05) is 0 Å². The van der Waals surface area contributed by atoms with E-state index in [2.05, 4.69) is 10.0 Å². The summed E-state index contributed by atoms with van der Waals surface area (Å²) in [6, 6.07) is 12.8. The van der Waals surface area contributed by atoms with Crippen LogP contribution in [0.1, 0.15) is 12.5 Å². The van der Waals surface area contributed by atoms with Crippen molar-refractivity contribution in [3.8, 4) is 5.75 Å². The van der Waals surface area contributed by atoms with Gasteiger partial charge in [0.05, 0.1) is 4.90 Å². The van der Waals surface area contributed by atoms with Crippen LogP contribution in [0.3, 0.4) is 0 Å². The molecule has 0 saturated heterocycles. The highest BCUT2D eigenvalue weighted by molar-refractivity contribution is 7.89. The number of rotatable bonds is 7. The van der Waals surface area contributed by atoms with Gasteiger partial charge in [-0.15, -0.1) is 0 Å². The second-order valence-electron chi connectivity index (χ2n) is 5.30. The molecule has 6 nitrogen and oxygen atoms in total. The lowest BCUT2D eigenvalue weighted by atomic mass is 10.2. The molecule has 0 bridgehead atoms. The summed E-state index contributed by atoms with van der Waals surface area (Å²) in [6.07, 6.45) is -0.671. The summed E-state index contributed by atoms with van der Waals surface area (Å²) in [6.45, 7) is 1.77. The molecule has 2 N–H and O–H groups in total. The Morgan fingerprint density at radius 3 is 2.28 bits per heavy atom. The van der Waals surface area contributed by atoms with Crippen molar-refractivity contribution in [2.75, 3.05) is 7.05 Å². The monoisotopic (exact) mass is 382 g/mol. The molecule has 0 aliphatic heterocycles. The Morgan fingerprint density at radius 1 is 1.12 bits per heavy atom. The number of sulfonamides is 1. The fraction of sp³-hybridized carbons (Fsp3) is 0.235. The van der Waals surface area contributed by atoms with Crippen molar-refractivity contribution in [2.24, 2.45) is 0 Å². The van der Waals surface area contributed by atoms with Crippen molar-refractivity contribution in [3.05, 3.63) is 59.1 Å². The maximum Gasteiger partial charge on any atom is 0.260 e. The number of benzene rings is 2. The van der Waals surface area contributed by atoms with E-state index in [0.29, 0.717) is 10.8 Å². The standard InChI is InChI=1S/C17H19ClN2O4S/c1-12(17(21)19-2)24-15-7-9-16(10-8-15)25(22,23)20-11-13-3-5-14(18)6-4-13/h3-10,12,20H,11H2,1-2H3,(H,19,21)/t12-/m1/s1. The summed E-state index contributed by atoms with van der Waals surface area (Å²) in [7, 11) is -2.13. The minimum absolute atomic E-state index is 0.112. The third kappa shape index (κ3) is 5.45. The lowest BCUT2D eigenvalue weighted by molar-refractivity contribution is -0.126. The molecule has 0 aromatic heterocycles. The van der Waals surface area contributed by atoms with Gasteiger partial charge in [-0.05, 0) is 48.9 Å². The molecule has 0 saturated carbocycles. The highest BCUT2D eigenvalue weighted by atomic mass is 35.5. The van der Waals surface area contributed by atoms with Crippen LogP contribution in [0.5, 0.6) is 5.75 Å². The molecule has 134 valence electrons. The molecule has 0 aliphatic carbocycles. The van der Waals surface area contributed by atoms with Gasteiger partial charge in [-0.3, -0.25) is 4.79 Å². The minimum atomic E-state index is -3.65. The van der Waals surface area contributed by atoms with E-state index < -0.39 is 16.1 Å². The van der Waals surface area contributed by atoms with Gasteiger partial charge in [0.15, 0.2) is 6.10 Å². The molecule has 1 atom stereocenters. The van der Waals surface area contributed by atoms with Gasteiger partial charge >= 0.3 is 0 Å². The van der Waals surface area contributed by atoms with Crippen LogP contribution >= 0.6 is 11.6 Å². The molecule has 2 aromatic rings. The van der Waals surface area contributed by atoms with Crippen LogP contribution in [0.25, 0.3) is 0 Å². The van der Waals surface area contributed by atoms with Gasteiger partial charge < -0.3 is 10.1 Å². The predicted octanol–water partition coefficient (Wildman–Crippen LogP) is 2.33. The molecule has 0 fully saturated rings. The number of amides is 1. The molecule has 25 heavy (non-hydrogen) atoms. The zero-order chi connectivity index (χ0) is 18.4. The van der Waals surface area contributed by atoms with E-state index in [-0.39, 0.29) is 17.3 Å². The van der Waals surface area contributed by atoms with Gasteiger partial charge in [-0.25, -0.2) is 13.1 Å². The van der Waals surface area contributed by atoms with Gasteiger partial charge in [-0.1, -0.05) is 23.7 Å². The number of carbonyl (C=O) groups is 1. The molecule has 2 rings (SSSR count). The molecule has 0 spiro atoms. The predicted molar refractivity (Wildman–Crippen MR) is 96.1 cm³/mol. The molecular formula is C17H19ClN2O4S. The first-order valence-electron chi connectivity index (χ1n) is 7.54. The third-order valence-electron chi connectivity index (χ3n) is 3.44. The minimum Gasteiger partial charge on any atom is -0.481 e. The maximum atomic E-state index is 12.3. The van der Waals surface area contributed by atoms with Crippen LogP contribution in [0, 0.1) is 0 Å². The van der Waals surface area contributed by atoms with Crippen molar-refractivity contribution in [3.63, 3.8) is 0 Å². The zero-order valence-corrected chi connectivity index (χ0v) is 15.4. The first kappa shape index (κ1) is 19.2. The summed E-state index contributed by atoms with van der Waals surface area (Å²) >= 11 is 5.80. The fourth-order valence-electron chi connectivity index (χ4n) is 2.02. The molecule has 1 amide bonds. The fourth-order valence-corrected chi connectivity index (χ4v) is 3.17. The van der Waals surface area contributed by atoms with Crippen LogP contribution in [0.15, 0.2) is 53.4 Å². The second-order valence-corrected chi connectivity index (χ2v) is 7.50. The van der Waals surface area contributed by atoms with Crippen molar-refractivity contribution >= 4 is 27.5 Å². The summed E-state index contributed by atoms with van der Waals surface area (Å²) in [5, 5.41) is 3.07. The first-order valence-corrected chi connectivity index (χ1v) is 9.40. The van der Waals surface area contributed by atoms with Gasteiger partial charge in [0.25, 0.3) is 5.91 Å². The smallest absolute Gasteiger partial charge is 0.260 e. The number of hydrogen-bond acceptors (Lipinski definition) is 4. The Kier molecular flexibility index (Phi) is 6.41. The van der Waals surface area contributed by atoms with Gasteiger partial charge in [0.1, 0.15) is 5.75 Å². The molecule has 8 heteroatoms. The number of hydrogen-bond donors (Lipinski definition) is 2. The topological polar surface area (TPSA) is 84.5 Å². The van der Waals surface area contributed by atoms with Crippen molar-refractivity contribution < 1.29 is 17.9 Å². The summed E-state index contributed by atoms with van der Waals surface area (Å²) in [5.74, 6) is 0.147. The van der Waals surface area contributed by atoms with Gasteiger partial charge in [0, 0.05) is 18.6 Å². The SMILES string of the molecule is CNC(=O)[C@@H](C)Oc1ccc(S(=O)(=O)NCc2ccc(Cl)cc2)cc1. The molecule has 0 radical (unpaired) electrons. The Hall–Kier alpha value is -2.09. The quantitative estimate of drug-likeness (QED) is 0.769. The number of nitrogens with one attached hydrogen (secondary N) is 2. The Morgan fingerprint density at radius 2 is 1.72 bits per heavy atom. The first-order chi connectivity index (χ1) is 11.8. The molecule has 0 unspecified atom stereocenters. The van der Waals surface area contributed by atoms with Crippen LogP contribution < -0.4 is 14.8 Å². The largest absolute Gasteiger partial charge is 0.481 e. The average Bonchev–Trinajstić information content (AvgIpc) is 2.61. The Balaban J connectivity index is 2.02. The van der Waals surface area contributed by atoms with E-state index in [0.717, 1.165) is 5.56 Å². The normalized spacial score (nSPS) is 12.4. The maximum absolute atomic E-state index is 12.3. The van der Waals surface area contributed by atoms with E-state index in [4.69, 9.17) is 16.3 Å². The third-order valence-corrected chi connectivity index (χ3v) is 5.11. The van der Waals surface area contributed by atoms with Crippen LogP contribution in [-0.2, 0) is 21.4 Å².